The number of aryl methyl sites for hydroxylation is 1. The van der Waals surface area contributed by atoms with Crippen molar-refractivity contribution in [2.75, 3.05) is 4.90 Å². The maximum Gasteiger partial charge on any atom is 0.326 e. The van der Waals surface area contributed by atoms with Crippen molar-refractivity contribution in [3.05, 3.63) is 23.8 Å². The average molecular weight is 263 g/mol. The number of carboxylic acid groups (broad SMARTS) is 1. The van der Waals surface area contributed by atoms with Gasteiger partial charge in [0.2, 0.25) is 0 Å². The lowest BCUT2D eigenvalue weighted by molar-refractivity contribution is -0.142. The zero-order valence-electron chi connectivity index (χ0n) is 11.4. The summed E-state index contributed by atoms with van der Waals surface area (Å²) in [5.41, 5.74) is 0.432. The molecule has 0 saturated carbocycles. The molecule has 0 fully saturated rings. The number of nitrogens with zero attached hydrogens (tertiary/aromatic N) is 1. The normalized spacial score (nSPS) is 18.5. The minimum absolute atomic E-state index is 0.348. The third kappa shape index (κ3) is 2.16. The number of hydrogen-bond donors (Lipinski definition) is 1. The fourth-order valence-electron chi connectivity index (χ4n) is 2.12. The molecule has 1 amide bonds. The van der Waals surface area contributed by atoms with Gasteiger partial charge >= 0.3 is 5.97 Å². The number of fused-ring (bicyclic) bond motifs is 1. The van der Waals surface area contributed by atoms with Crippen LogP contribution in [0.25, 0.3) is 0 Å². The van der Waals surface area contributed by atoms with Gasteiger partial charge in [0.1, 0.15) is 11.8 Å². The predicted molar refractivity (Wildman–Crippen MR) is 70.5 cm³/mol. The van der Waals surface area contributed by atoms with Crippen molar-refractivity contribution in [1.29, 1.82) is 0 Å². The van der Waals surface area contributed by atoms with E-state index in [-0.39, 0.29) is 5.91 Å². The second kappa shape index (κ2) is 4.26. The van der Waals surface area contributed by atoms with Gasteiger partial charge in [0.25, 0.3) is 5.91 Å². The van der Waals surface area contributed by atoms with E-state index in [9.17, 15) is 9.59 Å². The molecule has 1 aromatic rings. The molecule has 5 nitrogen and oxygen atoms in total. The van der Waals surface area contributed by atoms with Crippen molar-refractivity contribution >= 4 is 17.6 Å². The summed E-state index contributed by atoms with van der Waals surface area (Å²) in [5, 5.41) is 9.17. The second-order valence-electron chi connectivity index (χ2n) is 5.27. The van der Waals surface area contributed by atoms with Gasteiger partial charge in [-0.25, -0.2) is 4.79 Å². The lowest BCUT2D eigenvalue weighted by atomic mass is 10.0. The highest BCUT2D eigenvalue weighted by molar-refractivity contribution is 6.06. The van der Waals surface area contributed by atoms with E-state index in [1.807, 2.05) is 19.1 Å². The van der Waals surface area contributed by atoms with Gasteiger partial charge in [0.05, 0.1) is 5.69 Å². The molecule has 1 heterocycles. The first-order valence-electron chi connectivity index (χ1n) is 6.10. The van der Waals surface area contributed by atoms with E-state index in [0.717, 1.165) is 5.56 Å². The van der Waals surface area contributed by atoms with E-state index in [0.29, 0.717) is 11.4 Å². The predicted octanol–water partition coefficient (Wildman–Crippen LogP) is 1.97. The Kier molecular flexibility index (Phi) is 3.00. The molecule has 1 aliphatic rings. The van der Waals surface area contributed by atoms with E-state index in [1.54, 1.807) is 19.9 Å². The molecule has 1 atom stereocenters. The number of rotatable bonds is 2. The summed E-state index contributed by atoms with van der Waals surface area (Å²) in [6.07, 6.45) is 0. The molecule has 1 aromatic carbocycles. The van der Waals surface area contributed by atoms with Crippen LogP contribution in [0.15, 0.2) is 18.2 Å². The molecule has 2 rings (SSSR count). The third-order valence-corrected chi connectivity index (χ3v) is 3.22. The Balaban J connectivity index is 2.59. The number of carbonyl (C=O) groups excluding carboxylic acids is 1. The quantitative estimate of drug-likeness (QED) is 0.885. The van der Waals surface area contributed by atoms with Crippen LogP contribution < -0.4 is 9.64 Å². The number of anilines is 1. The van der Waals surface area contributed by atoms with Crippen LogP contribution in [0.4, 0.5) is 5.69 Å². The summed E-state index contributed by atoms with van der Waals surface area (Å²) >= 11 is 0. The van der Waals surface area contributed by atoms with E-state index < -0.39 is 17.6 Å². The minimum Gasteiger partial charge on any atom is -0.480 e. The van der Waals surface area contributed by atoms with Crippen molar-refractivity contribution in [2.45, 2.75) is 39.3 Å². The smallest absolute Gasteiger partial charge is 0.326 e. The molecular formula is C14H17NO4. The van der Waals surface area contributed by atoms with Crippen molar-refractivity contribution in [3.63, 3.8) is 0 Å². The number of carbonyl (C=O) groups is 2. The maximum absolute atomic E-state index is 12.4. The summed E-state index contributed by atoms with van der Waals surface area (Å²) in [7, 11) is 0. The Hall–Kier alpha value is -2.04. The Bertz CT molecular complexity index is 550. The SMILES string of the molecule is Cc1ccc2c(c1)OC(C)(C)C(=O)N2C(C)C(=O)O. The average Bonchev–Trinajstić information content (AvgIpc) is 2.29. The molecule has 0 aromatic heterocycles. The number of amides is 1. The van der Waals surface area contributed by atoms with Crippen LogP contribution in [0.2, 0.25) is 0 Å². The second-order valence-corrected chi connectivity index (χ2v) is 5.27. The van der Waals surface area contributed by atoms with Gasteiger partial charge in [-0.3, -0.25) is 9.69 Å². The minimum atomic E-state index is -1.06. The molecule has 1 aliphatic heterocycles. The first-order chi connectivity index (χ1) is 8.74. The number of carboxylic acids is 1. The molecule has 102 valence electrons. The van der Waals surface area contributed by atoms with Crippen molar-refractivity contribution in [2.24, 2.45) is 0 Å². The van der Waals surface area contributed by atoms with E-state index in [1.165, 1.54) is 11.8 Å². The van der Waals surface area contributed by atoms with E-state index in [2.05, 4.69) is 0 Å². The molecule has 19 heavy (non-hydrogen) atoms. The van der Waals surface area contributed by atoms with Crippen molar-refractivity contribution in [1.82, 2.24) is 0 Å². The highest BCUT2D eigenvalue weighted by Crippen LogP contribution is 2.39. The highest BCUT2D eigenvalue weighted by atomic mass is 16.5. The van der Waals surface area contributed by atoms with Gasteiger partial charge in [-0.2, -0.15) is 0 Å². The number of hydrogen-bond acceptors (Lipinski definition) is 3. The van der Waals surface area contributed by atoms with Crippen LogP contribution in [-0.4, -0.2) is 28.6 Å². The molecule has 0 spiro atoms. The molecule has 0 radical (unpaired) electrons. The maximum atomic E-state index is 12.4. The van der Waals surface area contributed by atoms with Gasteiger partial charge in [-0.15, -0.1) is 0 Å². The summed E-state index contributed by atoms with van der Waals surface area (Å²) < 4.78 is 5.69. The first kappa shape index (κ1) is 13.4. The lowest BCUT2D eigenvalue weighted by Gasteiger charge is -2.40. The summed E-state index contributed by atoms with van der Waals surface area (Å²) in [6.45, 7) is 6.69. The fraction of sp³-hybridized carbons (Fsp3) is 0.429. The third-order valence-electron chi connectivity index (χ3n) is 3.22. The van der Waals surface area contributed by atoms with Gasteiger partial charge < -0.3 is 9.84 Å². The largest absolute Gasteiger partial charge is 0.480 e. The van der Waals surface area contributed by atoms with Crippen LogP contribution in [-0.2, 0) is 9.59 Å². The standard InChI is InChI=1S/C14H17NO4/c1-8-5-6-10-11(7-8)19-14(3,4)13(18)15(10)9(2)12(16)17/h5-7,9H,1-4H3,(H,16,17). The lowest BCUT2D eigenvalue weighted by Crippen LogP contribution is -2.57. The number of aliphatic carboxylic acids is 1. The molecule has 0 aliphatic carbocycles. The van der Waals surface area contributed by atoms with E-state index in [4.69, 9.17) is 9.84 Å². The zero-order chi connectivity index (χ0) is 14.4. The van der Waals surface area contributed by atoms with Crippen molar-refractivity contribution in [3.8, 4) is 5.75 Å². The summed E-state index contributed by atoms with van der Waals surface area (Å²) in [5.74, 6) is -0.853. The molecule has 1 N–H and O–H groups in total. The van der Waals surface area contributed by atoms with Crippen LogP contribution in [0.3, 0.4) is 0 Å². The number of benzene rings is 1. The Morgan fingerprint density at radius 3 is 2.63 bits per heavy atom. The molecule has 1 unspecified atom stereocenters. The topological polar surface area (TPSA) is 66.8 Å². The monoisotopic (exact) mass is 263 g/mol. The zero-order valence-corrected chi connectivity index (χ0v) is 11.4. The van der Waals surface area contributed by atoms with Gasteiger partial charge in [-0.1, -0.05) is 6.07 Å². The first-order valence-corrected chi connectivity index (χ1v) is 6.10. The Labute approximate surface area is 111 Å². The fourth-order valence-corrected chi connectivity index (χ4v) is 2.12. The molecular weight excluding hydrogens is 246 g/mol. The summed E-state index contributed by atoms with van der Waals surface area (Å²) in [4.78, 5) is 24.9. The molecule has 0 bridgehead atoms. The highest BCUT2D eigenvalue weighted by Gasteiger charge is 2.44. The number of ether oxygens (including phenoxy) is 1. The Morgan fingerprint density at radius 2 is 2.05 bits per heavy atom. The summed E-state index contributed by atoms with van der Waals surface area (Å²) in [6, 6.07) is 4.43. The molecule has 5 heteroatoms. The van der Waals surface area contributed by atoms with Crippen LogP contribution >= 0.6 is 0 Å². The van der Waals surface area contributed by atoms with Gasteiger partial charge in [-0.05, 0) is 45.4 Å². The van der Waals surface area contributed by atoms with Crippen molar-refractivity contribution < 1.29 is 19.4 Å². The van der Waals surface area contributed by atoms with E-state index >= 15 is 0 Å². The van der Waals surface area contributed by atoms with Gasteiger partial charge in [0, 0.05) is 0 Å². The van der Waals surface area contributed by atoms with Crippen LogP contribution in [0, 0.1) is 6.92 Å². The molecule has 0 saturated heterocycles. The van der Waals surface area contributed by atoms with Crippen LogP contribution in [0.5, 0.6) is 5.75 Å². The Morgan fingerprint density at radius 1 is 1.42 bits per heavy atom. The van der Waals surface area contributed by atoms with Crippen LogP contribution in [0.1, 0.15) is 26.3 Å². The van der Waals surface area contributed by atoms with Gasteiger partial charge in [0.15, 0.2) is 5.60 Å².